The third-order valence-corrected chi connectivity index (χ3v) is 6.13. The van der Waals surface area contributed by atoms with E-state index in [-0.39, 0.29) is 24.8 Å². The van der Waals surface area contributed by atoms with Crippen LogP contribution in [0.25, 0.3) is 20.8 Å². The number of carbonyl (C=O) groups is 1. The third-order valence-electron chi connectivity index (χ3n) is 5.04. The second kappa shape index (κ2) is 6.89. The van der Waals surface area contributed by atoms with Gasteiger partial charge in [-0.1, -0.05) is 12.1 Å². The molecular weight excluding hydrogens is 383 g/mol. The average molecular weight is 400 g/mol. The summed E-state index contributed by atoms with van der Waals surface area (Å²) >= 11 is 1.45. The van der Waals surface area contributed by atoms with E-state index in [1.54, 1.807) is 6.07 Å². The van der Waals surface area contributed by atoms with E-state index in [2.05, 4.69) is 10.3 Å². The third kappa shape index (κ3) is 3.08. The molecule has 2 aliphatic rings. The van der Waals surface area contributed by atoms with Crippen LogP contribution in [0.2, 0.25) is 0 Å². The summed E-state index contributed by atoms with van der Waals surface area (Å²) in [6.45, 7) is 0.432. The number of hydrogen-bond donors (Lipinski definition) is 2. The molecule has 0 spiro atoms. The maximum atomic E-state index is 14.2. The number of benzene rings is 2. The highest BCUT2D eigenvalue weighted by Gasteiger charge is 2.47. The number of ether oxygens (including phenoxy) is 2. The Bertz CT molecular complexity index is 1020. The largest absolute Gasteiger partial charge is 0.388 e. The lowest BCUT2D eigenvalue weighted by Gasteiger charge is -2.17. The van der Waals surface area contributed by atoms with Crippen molar-refractivity contribution < 1.29 is 23.8 Å². The van der Waals surface area contributed by atoms with Gasteiger partial charge in [-0.15, -0.1) is 11.3 Å². The van der Waals surface area contributed by atoms with Crippen molar-refractivity contribution in [2.45, 2.75) is 24.4 Å². The van der Waals surface area contributed by atoms with Crippen LogP contribution in [0.3, 0.4) is 0 Å². The molecule has 0 bridgehead atoms. The normalized spacial score (nSPS) is 26.5. The Morgan fingerprint density at radius 3 is 2.86 bits per heavy atom. The maximum Gasteiger partial charge on any atom is 0.251 e. The summed E-state index contributed by atoms with van der Waals surface area (Å²) in [7, 11) is 0. The molecular formula is C20H17FN2O4S. The molecule has 3 heterocycles. The van der Waals surface area contributed by atoms with Gasteiger partial charge in [0.2, 0.25) is 0 Å². The molecule has 144 valence electrons. The number of aliphatic hydroxyl groups excluding tert-OH is 1. The van der Waals surface area contributed by atoms with Gasteiger partial charge in [0.1, 0.15) is 29.1 Å². The fourth-order valence-electron chi connectivity index (χ4n) is 3.69. The van der Waals surface area contributed by atoms with E-state index >= 15 is 0 Å². The molecule has 0 aliphatic carbocycles. The number of aliphatic hydroxyl groups is 1. The first-order valence-corrected chi connectivity index (χ1v) is 9.79. The quantitative estimate of drug-likeness (QED) is 0.706. The average Bonchev–Trinajstić information content (AvgIpc) is 3.38. The van der Waals surface area contributed by atoms with E-state index in [1.165, 1.54) is 23.5 Å². The molecule has 2 aliphatic heterocycles. The first kappa shape index (κ1) is 17.7. The zero-order valence-electron chi connectivity index (χ0n) is 14.7. The van der Waals surface area contributed by atoms with E-state index in [4.69, 9.17) is 9.47 Å². The number of thiazole rings is 1. The number of fused-ring (bicyclic) bond motifs is 2. The van der Waals surface area contributed by atoms with Crippen LogP contribution in [0.15, 0.2) is 42.5 Å². The topological polar surface area (TPSA) is 80.7 Å². The van der Waals surface area contributed by atoms with Gasteiger partial charge in [0.15, 0.2) is 0 Å². The number of para-hydroxylation sites is 1. The zero-order valence-corrected chi connectivity index (χ0v) is 15.5. The van der Waals surface area contributed by atoms with Crippen molar-refractivity contribution in [2.75, 3.05) is 13.2 Å². The number of amides is 1. The van der Waals surface area contributed by atoms with Crippen LogP contribution in [0.1, 0.15) is 10.4 Å². The molecule has 1 aromatic heterocycles. The van der Waals surface area contributed by atoms with Gasteiger partial charge in [0, 0.05) is 11.1 Å². The number of rotatable bonds is 3. The molecule has 2 aromatic carbocycles. The highest BCUT2D eigenvalue weighted by molar-refractivity contribution is 7.21. The molecule has 6 nitrogen and oxygen atoms in total. The van der Waals surface area contributed by atoms with Gasteiger partial charge in [0.05, 0.1) is 29.5 Å². The van der Waals surface area contributed by atoms with Gasteiger partial charge in [-0.25, -0.2) is 9.37 Å². The van der Waals surface area contributed by atoms with Gasteiger partial charge in [0.25, 0.3) is 5.91 Å². The van der Waals surface area contributed by atoms with Gasteiger partial charge < -0.3 is 19.9 Å². The Morgan fingerprint density at radius 1 is 1.18 bits per heavy atom. The Balaban J connectivity index is 1.40. The van der Waals surface area contributed by atoms with Gasteiger partial charge in [-0.05, 0) is 30.3 Å². The van der Waals surface area contributed by atoms with Crippen LogP contribution in [0, 0.1) is 5.82 Å². The second-order valence-corrected chi connectivity index (χ2v) is 7.99. The molecule has 0 radical (unpaired) electrons. The molecule has 2 saturated heterocycles. The van der Waals surface area contributed by atoms with Crippen LogP contribution in [-0.4, -0.2) is 53.6 Å². The van der Waals surface area contributed by atoms with Crippen LogP contribution in [0.5, 0.6) is 0 Å². The Kier molecular flexibility index (Phi) is 4.36. The fourth-order valence-corrected chi connectivity index (χ4v) is 4.65. The summed E-state index contributed by atoms with van der Waals surface area (Å²) < 4.78 is 26.3. The smallest absolute Gasteiger partial charge is 0.251 e. The standard InChI is InChI=1S/C20H17FN2O4S/c21-12-6-10(19(25)22-14-8-26-18-15(24)9-27-17(14)18)5-11(7-12)20-23-13-3-1-2-4-16(13)28-20/h1-7,14-15,17-18,24H,8-9H2,(H,22,25)/t14-,15+,17+,18+/m0/s1. The van der Waals surface area contributed by atoms with Crippen molar-refractivity contribution >= 4 is 27.5 Å². The van der Waals surface area contributed by atoms with Crippen molar-refractivity contribution in [3.8, 4) is 10.6 Å². The Hall–Kier alpha value is -2.39. The SMILES string of the molecule is O=C(N[C@H]1CO[C@H]2[C@@H]1OC[C@H]2O)c1cc(F)cc(-c2nc3ccccc3s2)c1. The number of hydrogen-bond acceptors (Lipinski definition) is 6. The number of carbonyl (C=O) groups excluding carboxylic acids is 1. The monoisotopic (exact) mass is 400 g/mol. The maximum absolute atomic E-state index is 14.2. The van der Waals surface area contributed by atoms with E-state index in [1.807, 2.05) is 24.3 Å². The molecule has 2 N–H and O–H groups in total. The second-order valence-electron chi connectivity index (χ2n) is 6.96. The van der Waals surface area contributed by atoms with Crippen molar-refractivity contribution in [2.24, 2.45) is 0 Å². The first-order valence-electron chi connectivity index (χ1n) is 8.97. The van der Waals surface area contributed by atoms with Gasteiger partial charge >= 0.3 is 0 Å². The summed E-state index contributed by atoms with van der Waals surface area (Å²) in [4.78, 5) is 17.2. The minimum absolute atomic E-state index is 0.184. The van der Waals surface area contributed by atoms with Crippen LogP contribution >= 0.6 is 11.3 Å². The number of nitrogens with one attached hydrogen (secondary N) is 1. The number of nitrogens with zero attached hydrogens (tertiary/aromatic N) is 1. The highest BCUT2D eigenvalue weighted by atomic mass is 32.1. The first-order chi connectivity index (χ1) is 13.6. The van der Waals surface area contributed by atoms with E-state index in [9.17, 15) is 14.3 Å². The fraction of sp³-hybridized carbons (Fsp3) is 0.300. The number of halogens is 1. The Morgan fingerprint density at radius 2 is 2.00 bits per heavy atom. The number of aromatic nitrogens is 1. The van der Waals surface area contributed by atoms with Crippen molar-refractivity contribution in [3.05, 3.63) is 53.8 Å². The molecule has 0 unspecified atom stereocenters. The minimum Gasteiger partial charge on any atom is -0.388 e. The summed E-state index contributed by atoms with van der Waals surface area (Å²) in [5.74, 6) is -0.920. The molecule has 5 rings (SSSR count). The lowest BCUT2D eigenvalue weighted by atomic mass is 10.1. The lowest BCUT2D eigenvalue weighted by molar-refractivity contribution is 0.0178. The highest BCUT2D eigenvalue weighted by Crippen LogP contribution is 2.31. The zero-order chi connectivity index (χ0) is 19.3. The van der Waals surface area contributed by atoms with E-state index < -0.39 is 30.0 Å². The summed E-state index contributed by atoms with van der Waals surface area (Å²) in [5, 5.41) is 13.3. The predicted octanol–water partition coefficient (Wildman–Crippen LogP) is 2.36. The molecule has 28 heavy (non-hydrogen) atoms. The van der Waals surface area contributed by atoms with Crippen LogP contribution in [0.4, 0.5) is 4.39 Å². The molecule has 1 amide bonds. The minimum atomic E-state index is -0.688. The molecule has 2 fully saturated rings. The molecule has 0 saturated carbocycles. The lowest BCUT2D eigenvalue weighted by Crippen LogP contribution is -2.44. The van der Waals surface area contributed by atoms with Gasteiger partial charge in [-0.2, -0.15) is 0 Å². The van der Waals surface area contributed by atoms with E-state index in [0.717, 1.165) is 10.2 Å². The summed E-state index contributed by atoms with van der Waals surface area (Å²) in [6, 6.07) is 11.5. The molecule has 4 atom stereocenters. The molecule has 3 aromatic rings. The summed E-state index contributed by atoms with van der Waals surface area (Å²) in [5.41, 5.74) is 1.60. The predicted molar refractivity (Wildman–Crippen MR) is 102 cm³/mol. The van der Waals surface area contributed by atoms with E-state index in [0.29, 0.717) is 10.6 Å². The Labute approximate surface area is 163 Å². The summed E-state index contributed by atoms with van der Waals surface area (Å²) in [6.07, 6.45) is -1.51. The van der Waals surface area contributed by atoms with Crippen molar-refractivity contribution in [1.82, 2.24) is 10.3 Å². The van der Waals surface area contributed by atoms with Gasteiger partial charge in [-0.3, -0.25) is 4.79 Å². The van der Waals surface area contributed by atoms with Crippen LogP contribution < -0.4 is 5.32 Å². The van der Waals surface area contributed by atoms with Crippen LogP contribution in [-0.2, 0) is 9.47 Å². The van der Waals surface area contributed by atoms with Crippen molar-refractivity contribution in [1.29, 1.82) is 0 Å². The van der Waals surface area contributed by atoms with Crippen molar-refractivity contribution in [3.63, 3.8) is 0 Å². The molecule has 8 heteroatoms.